The van der Waals surface area contributed by atoms with E-state index in [1.807, 2.05) is 38.8 Å². The Morgan fingerprint density at radius 2 is 1.84 bits per heavy atom. The molecule has 0 N–H and O–H groups in total. The molecule has 0 saturated carbocycles. The van der Waals surface area contributed by atoms with Gasteiger partial charge in [0, 0.05) is 25.2 Å². The SMILES string of the molecule is CCN(C)/C=N/c1cc(C)c(OC(C)c2cc(F)cc(F)c2)nc1C. The van der Waals surface area contributed by atoms with Crippen LogP contribution in [0.2, 0.25) is 0 Å². The molecule has 0 aliphatic heterocycles. The number of rotatable bonds is 6. The van der Waals surface area contributed by atoms with Gasteiger partial charge in [-0.3, -0.25) is 0 Å². The summed E-state index contributed by atoms with van der Waals surface area (Å²) in [5.41, 5.74) is 2.71. The smallest absolute Gasteiger partial charge is 0.217 e. The minimum Gasteiger partial charge on any atom is -0.470 e. The van der Waals surface area contributed by atoms with E-state index in [1.165, 1.54) is 12.1 Å². The second-order valence-corrected chi connectivity index (χ2v) is 6.00. The van der Waals surface area contributed by atoms with E-state index in [0.29, 0.717) is 11.4 Å². The Labute approximate surface area is 147 Å². The van der Waals surface area contributed by atoms with Crippen LogP contribution in [0.25, 0.3) is 0 Å². The molecule has 25 heavy (non-hydrogen) atoms. The average molecular weight is 347 g/mol. The van der Waals surface area contributed by atoms with E-state index in [0.717, 1.165) is 29.6 Å². The van der Waals surface area contributed by atoms with Crippen molar-refractivity contribution in [1.82, 2.24) is 9.88 Å². The van der Waals surface area contributed by atoms with Crippen LogP contribution in [-0.4, -0.2) is 29.8 Å². The molecule has 1 aromatic carbocycles. The molecule has 1 atom stereocenters. The van der Waals surface area contributed by atoms with Crippen molar-refractivity contribution < 1.29 is 13.5 Å². The zero-order valence-corrected chi connectivity index (χ0v) is 15.2. The van der Waals surface area contributed by atoms with Crippen LogP contribution < -0.4 is 4.74 Å². The largest absolute Gasteiger partial charge is 0.470 e. The maximum absolute atomic E-state index is 13.4. The lowest BCUT2D eigenvalue weighted by atomic mass is 10.1. The molecule has 2 rings (SSSR count). The maximum Gasteiger partial charge on any atom is 0.217 e. The summed E-state index contributed by atoms with van der Waals surface area (Å²) in [6.45, 7) is 8.33. The topological polar surface area (TPSA) is 37.7 Å². The van der Waals surface area contributed by atoms with Crippen molar-refractivity contribution in [3.05, 3.63) is 52.7 Å². The van der Waals surface area contributed by atoms with Gasteiger partial charge in [-0.25, -0.2) is 18.8 Å². The minimum atomic E-state index is -0.629. The standard InChI is InChI=1S/C19H23F2N3O/c1-6-24(5)11-22-18-7-12(2)19(23-13(18)3)25-14(4)15-8-16(20)10-17(21)9-15/h7-11,14H,6H2,1-5H3/b22-11+. The van der Waals surface area contributed by atoms with Crippen molar-refractivity contribution in [1.29, 1.82) is 0 Å². The van der Waals surface area contributed by atoms with Gasteiger partial charge in [0.1, 0.15) is 17.7 Å². The van der Waals surface area contributed by atoms with Gasteiger partial charge >= 0.3 is 0 Å². The van der Waals surface area contributed by atoms with Crippen LogP contribution in [0.4, 0.5) is 14.5 Å². The molecule has 1 unspecified atom stereocenters. The second kappa shape index (κ2) is 8.05. The first-order chi connectivity index (χ1) is 11.8. The maximum atomic E-state index is 13.4. The van der Waals surface area contributed by atoms with Crippen LogP contribution in [0.5, 0.6) is 5.88 Å². The van der Waals surface area contributed by atoms with Crippen molar-refractivity contribution in [2.45, 2.75) is 33.8 Å². The number of nitrogens with zero attached hydrogens (tertiary/aromatic N) is 3. The van der Waals surface area contributed by atoms with E-state index >= 15 is 0 Å². The summed E-state index contributed by atoms with van der Waals surface area (Å²) in [5.74, 6) is -0.829. The number of hydrogen-bond donors (Lipinski definition) is 0. The molecule has 6 heteroatoms. The Kier molecular flexibility index (Phi) is 6.07. The van der Waals surface area contributed by atoms with Crippen LogP contribution in [0, 0.1) is 25.5 Å². The van der Waals surface area contributed by atoms with E-state index in [4.69, 9.17) is 4.74 Å². The molecule has 0 spiro atoms. The number of ether oxygens (including phenoxy) is 1. The number of aromatic nitrogens is 1. The van der Waals surface area contributed by atoms with E-state index in [1.54, 1.807) is 13.3 Å². The van der Waals surface area contributed by atoms with Crippen molar-refractivity contribution in [3.63, 3.8) is 0 Å². The molecule has 1 aromatic heterocycles. The number of benzene rings is 1. The molecule has 134 valence electrons. The van der Waals surface area contributed by atoms with Gasteiger partial charge in [0.05, 0.1) is 17.7 Å². The summed E-state index contributed by atoms with van der Waals surface area (Å²) in [7, 11) is 1.94. The number of aryl methyl sites for hydroxylation is 2. The Morgan fingerprint density at radius 1 is 1.20 bits per heavy atom. The fourth-order valence-electron chi connectivity index (χ4n) is 2.21. The zero-order chi connectivity index (χ0) is 18.6. The van der Waals surface area contributed by atoms with Crippen LogP contribution in [-0.2, 0) is 0 Å². The van der Waals surface area contributed by atoms with Crippen molar-refractivity contribution in [2.75, 3.05) is 13.6 Å². The molecule has 1 heterocycles. The highest BCUT2D eigenvalue weighted by atomic mass is 19.1. The molecular formula is C19H23F2N3O. The Morgan fingerprint density at radius 3 is 2.44 bits per heavy atom. The van der Waals surface area contributed by atoms with Crippen LogP contribution in [0.3, 0.4) is 0 Å². The van der Waals surface area contributed by atoms with Crippen LogP contribution in [0.15, 0.2) is 29.3 Å². The summed E-state index contributed by atoms with van der Waals surface area (Å²) in [4.78, 5) is 10.8. The van der Waals surface area contributed by atoms with Crippen LogP contribution in [0.1, 0.15) is 36.8 Å². The van der Waals surface area contributed by atoms with E-state index in [9.17, 15) is 8.78 Å². The number of halogens is 2. The predicted octanol–water partition coefficient (Wildman–Crippen LogP) is 4.73. The van der Waals surface area contributed by atoms with Gasteiger partial charge in [-0.2, -0.15) is 0 Å². The van der Waals surface area contributed by atoms with Gasteiger partial charge in [0.15, 0.2) is 0 Å². The summed E-state index contributed by atoms with van der Waals surface area (Å²) in [5, 5.41) is 0. The quantitative estimate of drug-likeness (QED) is 0.560. The van der Waals surface area contributed by atoms with E-state index in [2.05, 4.69) is 9.98 Å². The normalized spacial score (nSPS) is 12.4. The summed E-state index contributed by atoms with van der Waals surface area (Å²) in [6.07, 6.45) is 1.22. The van der Waals surface area contributed by atoms with Gasteiger partial charge in [-0.1, -0.05) is 0 Å². The molecule has 0 aliphatic carbocycles. The predicted molar refractivity (Wildman–Crippen MR) is 95.6 cm³/mol. The second-order valence-electron chi connectivity index (χ2n) is 6.00. The molecule has 0 amide bonds. The Hall–Kier alpha value is -2.50. The number of hydrogen-bond acceptors (Lipinski definition) is 3. The lowest BCUT2D eigenvalue weighted by molar-refractivity contribution is 0.214. The third kappa shape index (κ3) is 4.98. The molecule has 0 bridgehead atoms. The summed E-state index contributed by atoms with van der Waals surface area (Å²) in [6, 6.07) is 5.24. The third-order valence-corrected chi connectivity index (χ3v) is 3.87. The Balaban J connectivity index is 2.22. The highest BCUT2D eigenvalue weighted by molar-refractivity contribution is 5.62. The van der Waals surface area contributed by atoms with Gasteiger partial charge in [0.2, 0.25) is 5.88 Å². The molecule has 4 nitrogen and oxygen atoms in total. The highest BCUT2D eigenvalue weighted by Gasteiger charge is 2.14. The molecule has 0 saturated heterocycles. The van der Waals surface area contributed by atoms with Gasteiger partial charge in [0.25, 0.3) is 0 Å². The molecule has 0 fully saturated rings. The molecule has 0 radical (unpaired) electrons. The molecule has 2 aromatic rings. The van der Waals surface area contributed by atoms with Crippen molar-refractivity contribution in [3.8, 4) is 5.88 Å². The summed E-state index contributed by atoms with van der Waals surface area (Å²) < 4.78 is 32.6. The lowest BCUT2D eigenvalue weighted by Gasteiger charge is -2.17. The van der Waals surface area contributed by atoms with Gasteiger partial charge in [-0.15, -0.1) is 0 Å². The number of aliphatic imine (C=N–C) groups is 1. The van der Waals surface area contributed by atoms with Crippen molar-refractivity contribution >= 4 is 12.0 Å². The first kappa shape index (κ1) is 18.8. The zero-order valence-electron chi connectivity index (χ0n) is 15.2. The fourth-order valence-corrected chi connectivity index (χ4v) is 2.21. The first-order valence-corrected chi connectivity index (χ1v) is 8.15. The van der Waals surface area contributed by atoms with E-state index < -0.39 is 17.7 Å². The summed E-state index contributed by atoms with van der Waals surface area (Å²) >= 11 is 0. The molecule has 0 aliphatic rings. The number of pyridine rings is 1. The van der Waals surface area contributed by atoms with E-state index in [-0.39, 0.29) is 0 Å². The van der Waals surface area contributed by atoms with Gasteiger partial charge in [-0.05, 0) is 51.5 Å². The Bertz CT molecular complexity index is 757. The van der Waals surface area contributed by atoms with Crippen molar-refractivity contribution in [2.24, 2.45) is 4.99 Å². The first-order valence-electron chi connectivity index (χ1n) is 8.15. The minimum absolute atomic E-state index is 0.419. The average Bonchev–Trinajstić information content (AvgIpc) is 2.55. The monoisotopic (exact) mass is 347 g/mol. The lowest BCUT2D eigenvalue weighted by Crippen LogP contribution is -2.14. The molecular weight excluding hydrogens is 324 g/mol. The van der Waals surface area contributed by atoms with Gasteiger partial charge < -0.3 is 9.64 Å². The third-order valence-electron chi connectivity index (χ3n) is 3.87. The highest BCUT2D eigenvalue weighted by Crippen LogP contribution is 2.28. The van der Waals surface area contributed by atoms with Crippen LogP contribution >= 0.6 is 0 Å². The fraction of sp³-hybridized carbons (Fsp3) is 0.368.